The third-order valence-corrected chi connectivity index (χ3v) is 4.54. The average Bonchev–Trinajstić information content (AvgIpc) is 2.72. The monoisotopic (exact) mass is 383 g/mol. The van der Waals surface area contributed by atoms with Crippen molar-refractivity contribution < 1.29 is 14.3 Å². The molecule has 2 amide bonds. The van der Waals surface area contributed by atoms with E-state index < -0.39 is 0 Å². The Morgan fingerprint density at radius 3 is 2.57 bits per heavy atom. The molecule has 28 heavy (non-hydrogen) atoms. The van der Waals surface area contributed by atoms with E-state index in [1.807, 2.05) is 36.1 Å². The van der Waals surface area contributed by atoms with Crippen LogP contribution in [0.5, 0.6) is 0 Å². The molecule has 0 bridgehead atoms. The van der Waals surface area contributed by atoms with E-state index in [1.54, 1.807) is 18.0 Å². The van der Waals surface area contributed by atoms with Crippen LogP contribution in [0.2, 0.25) is 0 Å². The molecule has 1 N–H and O–H groups in total. The Morgan fingerprint density at radius 1 is 1.14 bits per heavy atom. The van der Waals surface area contributed by atoms with Crippen molar-refractivity contribution in [2.75, 3.05) is 37.7 Å². The molecule has 1 aromatic carbocycles. The molecular weight excluding hydrogens is 358 g/mol. The maximum atomic E-state index is 12.3. The summed E-state index contributed by atoms with van der Waals surface area (Å²) < 4.78 is 5.02. The van der Waals surface area contributed by atoms with Gasteiger partial charge in [-0.15, -0.1) is 0 Å². The van der Waals surface area contributed by atoms with Crippen LogP contribution in [0.1, 0.15) is 28.5 Å². The number of carbonyl (C=O) groups excluding carboxylic acids is 2. The normalized spacial score (nSPS) is 13.9. The van der Waals surface area contributed by atoms with Crippen molar-refractivity contribution in [2.24, 2.45) is 0 Å². The average molecular weight is 383 g/mol. The molecule has 8 heteroatoms. The van der Waals surface area contributed by atoms with Crippen molar-refractivity contribution in [3.63, 3.8) is 0 Å². The van der Waals surface area contributed by atoms with Gasteiger partial charge in [-0.25, -0.2) is 14.8 Å². The molecule has 1 aliphatic heterocycles. The SMILES string of the molecule is CCOC(=O)N1CCN(c2cnc(C(=O)NCc3cccc(C)c3)cn2)CC1. The largest absolute Gasteiger partial charge is 0.450 e. The summed E-state index contributed by atoms with van der Waals surface area (Å²) in [5.41, 5.74) is 2.47. The Labute approximate surface area is 164 Å². The molecule has 1 fully saturated rings. The topological polar surface area (TPSA) is 87.7 Å². The van der Waals surface area contributed by atoms with Gasteiger partial charge in [-0.3, -0.25) is 4.79 Å². The summed E-state index contributed by atoms with van der Waals surface area (Å²) >= 11 is 0. The Balaban J connectivity index is 1.52. The minimum Gasteiger partial charge on any atom is -0.450 e. The lowest BCUT2D eigenvalue weighted by Gasteiger charge is -2.34. The summed E-state index contributed by atoms with van der Waals surface area (Å²) in [7, 11) is 0. The number of aryl methyl sites for hydroxylation is 1. The zero-order valence-corrected chi connectivity index (χ0v) is 16.2. The van der Waals surface area contributed by atoms with E-state index in [-0.39, 0.29) is 17.7 Å². The number of nitrogens with one attached hydrogen (secondary N) is 1. The first kappa shape index (κ1) is 19.6. The van der Waals surface area contributed by atoms with Crippen molar-refractivity contribution in [3.05, 3.63) is 53.5 Å². The molecule has 0 saturated carbocycles. The highest BCUT2D eigenvalue weighted by molar-refractivity contribution is 5.91. The van der Waals surface area contributed by atoms with Crippen molar-refractivity contribution >= 4 is 17.8 Å². The second-order valence-corrected chi connectivity index (χ2v) is 6.60. The third kappa shape index (κ3) is 4.97. The van der Waals surface area contributed by atoms with Gasteiger partial charge >= 0.3 is 6.09 Å². The molecule has 3 rings (SSSR count). The van der Waals surface area contributed by atoms with Gasteiger partial charge in [-0.1, -0.05) is 29.8 Å². The van der Waals surface area contributed by atoms with Crippen molar-refractivity contribution in [2.45, 2.75) is 20.4 Å². The lowest BCUT2D eigenvalue weighted by atomic mass is 10.1. The zero-order valence-electron chi connectivity index (χ0n) is 16.2. The van der Waals surface area contributed by atoms with Crippen LogP contribution in [0, 0.1) is 6.92 Å². The van der Waals surface area contributed by atoms with Crippen molar-refractivity contribution in [1.29, 1.82) is 0 Å². The number of nitrogens with zero attached hydrogens (tertiary/aromatic N) is 4. The second kappa shape index (κ2) is 9.16. The molecule has 0 atom stereocenters. The van der Waals surface area contributed by atoms with Crippen LogP contribution in [0.15, 0.2) is 36.7 Å². The lowest BCUT2D eigenvalue weighted by Crippen LogP contribution is -2.49. The van der Waals surface area contributed by atoms with Gasteiger partial charge in [0, 0.05) is 32.7 Å². The van der Waals surface area contributed by atoms with Gasteiger partial charge in [0.05, 0.1) is 19.0 Å². The molecule has 0 spiro atoms. The molecule has 0 unspecified atom stereocenters. The van der Waals surface area contributed by atoms with Crippen LogP contribution in [-0.2, 0) is 11.3 Å². The number of anilines is 1. The number of hydrogen-bond donors (Lipinski definition) is 1. The van der Waals surface area contributed by atoms with Gasteiger partial charge < -0.3 is 19.9 Å². The van der Waals surface area contributed by atoms with Crippen molar-refractivity contribution in [3.8, 4) is 0 Å². The molecule has 1 aliphatic rings. The zero-order chi connectivity index (χ0) is 19.9. The molecular formula is C20H25N5O3. The minimum atomic E-state index is -0.283. The van der Waals surface area contributed by atoms with Gasteiger partial charge in [0.15, 0.2) is 0 Å². The van der Waals surface area contributed by atoms with Gasteiger partial charge in [0.2, 0.25) is 0 Å². The van der Waals surface area contributed by atoms with E-state index in [0.717, 1.165) is 11.1 Å². The summed E-state index contributed by atoms with van der Waals surface area (Å²) in [6.07, 6.45) is 2.80. The quantitative estimate of drug-likeness (QED) is 0.850. The fourth-order valence-electron chi connectivity index (χ4n) is 3.03. The third-order valence-electron chi connectivity index (χ3n) is 4.54. The smallest absolute Gasteiger partial charge is 0.409 e. The first-order valence-corrected chi connectivity index (χ1v) is 9.39. The Hall–Kier alpha value is -3.16. The molecule has 2 heterocycles. The van der Waals surface area contributed by atoms with Crippen LogP contribution < -0.4 is 10.2 Å². The maximum absolute atomic E-state index is 12.3. The molecule has 0 aliphatic carbocycles. The number of carbonyl (C=O) groups is 2. The van der Waals surface area contributed by atoms with E-state index in [4.69, 9.17) is 4.74 Å². The van der Waals surface area contributed by atoms with Gasteiger partial charge in [-0.05, 0) is 19.4 Å². The van der Waals surface area contributed by atoms with Crippen LogP contribution in [0.3, 0.4) is 0 Å². The fourth-order valence-corrected chi connectivity index (χ4v) is 3.03. The predicted molar refractivity (Wildman–Crippen MR) is 105 cm³/mol. The van der Waals surface area contributed by atoms with E-state index in [1.165, 1.54) is 6.20 Å². The van der Waals surface area contributed by atoms with Crippen LogP contribution in [-0.4, -0.2) is 59.7 Å². The van der Waals surface area contributed by atoms with E-state index in [0.29, 0.717) is 45.1 Å². The van der Waals surface area contributed by atoms with Crippen LogP contribution in [0.25, 0.3) is 0 Å². The summed E-state index contributed by atoms with van der Waals surface area (Å²) in [5, 5.41) is 2.86. The lowest BCUT2D eigenvalue weighted by molar-refractivity contribution is 0.0944. The number of piperazine rings is 1. The van der Waals surface area contributed by atoms with E-state index in [2.05, 4.69) is 15.3 Å². The van der Waals surface area contributed by atoms with E-state index in [9.17, 15) is 9.59 Å². The standard InChI is InChI=1S/C20H25N5O3/c1-3-28-20(27)25-9-7-24(8-10-25)18-14-21-17(13-22-18)19(26)23-12-16-6-4-5-15(2)11-16/h4-6,11,13-14H,3,7-10,12H2,1-2H3,(H,23,26). The highest BCUT2D eigenvalue weighted by Crippen LogP contribution is 2.13. The number of amides is 2. The van der Waals surface area contributed by atoms with Gasteiger partial charge in [0.1, 0.15) is 11.5 Å². The second-order valence-electron chi connectivity index (χ2n) is 6.60. The molecule has 0 radical (unpaired) electrons. The van der Waals surface area contributed by atoms with Gasteiger partial charge in [0.25, 0.3) is 5.91 Å². The Morgan fingerprint density at radius 2 is 1.93 bits per heavy atom. The minimum absolute atomic E-state index is 0.257. The molecule has 148 valence electrons. The predicted octanol–water partition coefficient (Wildman–Crippen LogP) is 1.99. The summed E-state index contributed by atoms with van der Waals surface area (Å²) in [6.45, 7) is 7.05. The number of ether oxygens (including phenoxy) is 1. The van der Waals surface area contributed by atoms with Crippen LogP contribution >= 0.6 is 0 Å². The summed E-state index contributed by atoms with van der Waals surface area (Å²) in [6, 6.07) is 7.98. The van der Waals surface area contributed by atoms with Gasteiger partial charge in [-0.2, -0.15) is 0 Å². The Kier molecular flexibility index (Phi) is 6.41. The fraction of sp³-hybridized carbons (Fsp3) is 0.400. The molecule has 2 aromatic rings. The van der Waals surface area contributed by atoms with Crippen molar-refractivity contribution in [1.82, 2.24) is 20.2 Å². The Bertz CT molecular complexity index is 817. The first-order chi connectivity index (χ1) is 13.6. The maximum Gasteiger partial charge on any atom is 0.409 e. The molecule has 1 aromatic heterocycles. The number of aromatic nitrogens is 2. The summed E-state index contributed by atoms with van der Waals surface area (Å²) in [4.78, 5) is 36.4. The number of rotatable bonds is 5. The van der Waals surface area contributed by atoms with Crippen LogP contribution in [0.4, 0.5) is 10.6 Å². The summed E-state index contributed by atoms with van der Waals surface area (Å²) in [5.74, 6) is 0.437. The molecule has 8 nitrogen and oxygen atoms in total. The first-order valence-electron chi connectivity index (χ1n) is 9.39. The number of hydrogen-bond acceptors (Lipinski definition) is 6. The number of benzene rings is 1. The van der Waals surface area contributed by atoms with E-state index >= 15 is 0 Å². The molecule has 1 saturated heterocycles. The highest BCUT2D eigenvalue weighted by Gasteiger charge is 2.23. The highest BCUT2D eigenvalue weighted by atomic mass is 16.6.